The first-order valence-corrected chi connectivity index (χ1v) is 12.5. The van der Waals surface area contributed by atoms with E-state index in [1.54, 1.807) is 18.2 Å². The van der Waals surface area contributed by atoms with Gasteiger partial charge in [0, 0.05) is 36.8 Å². The number of fused-ring (bicyclic) bond motifs is 1. The van der Waals surface area contributed by atoms with E-state index in [0.717, 1.165) is 22.4 Å². The molecule has 2 heterocycles. The van der Waals surface area contributed by atoms with Gasteiger partial charge in [0.05, 0.1) is 4.90 Å². The van der Waals surface area contributed by atoms with Gasteiger partial charge in [-0.2, -0.15) is 4.31 Å². The second kappa shape index (κ2) is 9.03. The summed E-state index contributed by atoms with van der Waals surface area (Å²) in [6, 6.07) is 10.7. The number of amides is 2. The lowest BCUT2D eigenvalue weighted by Gasteiger charge is -2.31. The van der Waals surface area contributed by atoms with Gasteiger partial charge in [-0.1, -0.05) is 12.1 Å². The molecule has 2 aromatic carbocycles. The smallest absolute Gasteiger partial charge is 0.243 e. The van der Waals surface area contributed by atoms with Crippen LogP contribution < -0.4 is 10.6 Å². The molecular formula is C24H29N3O4S. The first-order chi connectivity index (χ1) is 15.3. The van der Waals surface area contributed by atoms with Gasteiger partial charge in [-0.15, -0.1) is 0 Å². The van der Waals surface area contributed by atoms with Crippen molar-refractivity contribution < 1.29 is 18.0 Å². The molecule has 0 unspecified atom stereocenters. The van der Waals surface area contributed by atoms with Gasteiger partial charge in [0.1, 0.15) is 0 Å². The Morgan fingerprint density at radius 3 is 2.59 bits per heavy atom. The molecule has 2 aliphatic heterocycles. The summed E-state index contributed by atoms with van der Waals surface area (Å²) in [5, 5.41) is 5.84. The van der Waals surface area contributed by atoms with E-state index in [1.807, 2.05) is 32.0 Å². The van der Waals surface area contributed by atoms with E-state index in [-0.39, 0.29) is 22.6 Å². The van der Waals surface area contributed by atoms with E-state index in [9.17, 15) is 18.0 Å². The van der Waals surface area contributed by atoms with E-state index in [1.165, 1.54) is 4.31 Å². The molecule has 2 aromatic rings. The van der Waals surface area contributed by atoms with Crippen LogP contribution >= 0.6 is 0 Å². The SMILES string of the molecule is Cc1cccc(NC(=O)C2CCN(S(=O)(=O)c3ccc4c(c3)CCCC(=O)N4)CC2)c1C. The minimum Gasteiger partial charge on any atom is -0.326 e. The van der Waals surface area contributed by atoms with E-state index < -0.39 is 10.0 Å². The lowest BCUT2D eigenvalue weighted by molar-refractivity contribution is -0.121. The summed E-state index contributed by atoms with van der Waals surface area (Å²) in [4.78, 5) is 24.7. The average Bonchev–Trinajstić information content (AvgIpc) is 2.96. The molecule has 0 atom stereocenters. The topological polar surface area (TPSA) is 95.6 Å². The Labute approximate surface area is 189 Å². The number of nitrogens with one attached hydrogen (secondary N) is 2. The Morgan fingerprint density at radius 1 is 1.09 bits per heavy atom. The monoisotopic (exact) mass is 455 g/mol. The van der Waals surface area contributed by atoms with Crippen LogP contribution in [0.1, 0.15) is 42.4 Å². The van der Waals surface area contributed by atoms with Crippen LogP contribution in [-0.4, -0.2) is 37.6 Å². The van der Waals surface area contributed by atoms with Crippen LogP contribution in [0.3, 0.4) is 0 Å². The van der Waals surface area contributed by atoms with Crippen LogP contribution in [0.15, 0.2) is 41.3 Å². The third-order valence-corrected chi connectivity index (χ3v) is 8.42. The number of hydrogen-bond acceptors (Lipinski definition) is 4. The van der Waals surface area contributed by atoms with Gasteiger partial charge in [0.2, 0.25) is 21.8 Å². The van der Waals surface area contributed by atoms with Gasteiger partial charge < -0.3 is 10.6 Å². The third kappa shape index (κ3) is 4.56. The van der Waals surface area contributed by atoms with Crippen LogP contribution in [0, 0.1) is 19.8 Å². The van der Waals surface area contributed by atoms with Gasteiger partial charge >= 0.3 is 0 Å². The number of carbonyl (C=O) groups is 2. The van der Waals surface area contributed by atoms with Gasteiger partial charge in [-0.25, -0.2) is 8.42 Å². The van der Waals surface area contributed by atoms with Crippen molar-refractivity contribution in [3.05, 3.63) is 53.1 Å². The quantitative estimate of drug-likeness (QED) is 0.736. The van der Waals surface area contributed by atoms with Crippen LogP contribution in [0.25, 0.3) is 0 Å². The molecule has 0 aliphatic carbocycles. The lowest BCUT2D eigenvalue weighted by atomic mass is 9.97. The molecule has 1 fully saturated rings. The molecule has 0 radical (unpaired) electrons. The van der Waals surface area contributed by atoms with Crippen LogP contribution in [0.5, 0.6) is 0 Å². The molecule has 4 rings (SSSR count). The highest BCUT2D eigenvalue weighted by Crippen LogP contribution is 2.29. The van der Waals surface area contributed by atoms with Gasteiger partial charge in [0.15, 0.2) is 0 Å². The second-order valence-corrected chi connectivity index (χ2v) is 10.6. The summed E-state index contributed by atoms with van der Waals surface area (Å²) >= 11 is 0. The number of anilines is 2. The molecule has 2 N–H and O–H groups in total. The van der Waals surface area contributed by atoms with Crippen molar-refractivity contribution in [3.63, 3.8) is 0 Å². The normalized spacial score (nSPS) is 17.9. The Hall–Kier alpha value is -2.71. The molecule has 7 nitrogen and oxygen atoms in total. The van der Waals surface area contributed by atoms with Crippen LogP contribution in [0.4, 0.5) is 11.4 Å². The number of nitrogens with zero attached hydrogens (tertiary/aromatic N) is 1. The highest BCUT2D eigenvalue weighted by molar-refractivity contribution is 7.89. The third-order valence-electron chi connectivity index (χ3n) is 6.53. The zero-order chi connectivity index (χ0) is 22.9. The number of sulfonamides is 1. The van der Waals surface area contributed by atoms with Crippen molar-refractivity contribution in [1.29, 1.82) is 0 Å². The Bertz CT molecular complexity index is 1150. The fourth-order valence-electron chi connectivity index (χ4n) is 4.34. The summed E-state index contributed by atoms with van der Waals surface area (Å²) in [5.74, 6) is -0.319. The Morgan fingerprint density at radius 2 is 1.84 bits per heavy atom. The number of piperidine rings is 1. The lowest BCUT2D eigenvalue weighted by Crippen LogP contribution is -2.41. The number of aryl methyl sites for hydroxylation is 2. The fourth-order valence-corrected chi connectivity index (χ4v) is 5.86. The van der Waals surface area contributed by atoms with Crippen molar-refractivity contribution >= 4 is 33.2 Å². The molecule has 0 spiro atoms. The number of benzene rings is 2. The van der Waals surface area contributed by atoms with Gasteiger partial charge in [-0.05, 0) is 80.5 Å². The summed E-state index contributed by atoms with van der Waals surface area (Å²) < 4.78 is 27.9. The average molecular weight is 456 g/mol. The van der Waals surface area contributed by atoms with Gasteiger partial charge in [0.25, 0.3) is 0 Å². The summed E-state index contributed by atoms with van der Waals surface area (Å²) in [5.41, 5.74) is 4.50. The van der Waals surface area contributed by atoms with E-state index >= 15 is 0 Å². The zero-order valence-corrected chi connectivity index (χ0v) is 19.3. The Kier molecular flexibility index (Phi) is 6.35. The van der Waals surface area contributed by atoms with Gasteiger partial charge in [-0.3, -0.25) is 9.59 Å². The van der Waals surface area contributed by atoms with E-state index in [4.69, 9.17) is 0 Å². The number of carbonyl (C=O) groups excluding carboxylic acids is 2. The zero-order valence-electron chi connectivity index (χ0n) is 18.5. The minimum absolute atomic E-state index is 0.0411. The molecule has 2 amide bonds. The molecule has 2 aliphatic rings. The molecule has 0 bridgehead atoms. The molecular weight excluding hydrogens is 426 g/mol. The summed E-state index contributed by atoms with van der Waals surface area (Å²) in [6.45, 7) is 4.60. The maximum Gasteiger partial charge on any atom is 0.243 e. The molecule has 1 saturated heterocycles. The van der Waals surface area contributed by atoms with Crippen molar-refractivity contribution in [2.24, 2.45) is 5.92 Å². The van der Waals surface area contributed by atoms with Crippen molar-refractivity contribution in [3.8, 4) is 0 Å². The summed E-state index contributed by atoms with van der Waals surface area (Å²) in [6.07, 6.45) is 2.77. The largest absolute Gasteiger partial charge is 0.326 e. The van der Waals surface area contributed by atoms with Crippen molar-refractivity contribution in [2.45, 2.75) is 50.8 Å². The van der Waals surface area contributed by atoms with E-state index in [0.29, 0.717) is 50.9 Å². The standard InChI is InChI=1S/C24H29N3O4S/c1-16-5-3-7-21(17(16)2)26-24(29)18-11-13-27(14-12-18)32(30,31)20-9-10-22-19(15-20)6-4-8-23(28)25-22/h3,5,7,9-10,15,18H,4,6,8,11-14H2,1-2H3,(H,25,28)(H,26,29). The predicted molar refractivity (Wildman–Crippen MR) is 124 cm³/mol. The fraction of sp³-hybridized carbons (Fsp3) is 0.417. The first-order valence-electron chi connectivity index (χ1n) is 11.1. The number of hydrogen-bond donors (Lipinski definition) is 2. The first kappa shape index (κ1) is 22.5. The van der Waals surface area contributed by atoms with Crippen molar-refractivity contribution in [1.82, 2.24) is 4.31 Å². The predicted octanol–water partition coefficient (Wildman–Crippen LogP) is 3.62. The number of rotatable bonds is 4. The Balaban J connectivity index is 1.42. The molecule has 8 heteroatoms. The molecule has 32 heavy (non-hydrogen) atoms. The van der Waals surface area contributed by atoms with Crippen molar-refractivity contribution in [2.75, 3.05) is 23.7 Å². The minimum atomic E-state index is -3.65. The van der Waals surface area contributed by atoms with Crippen LogP contribution in [-0.2, 0) is 26.0 Å². The van der Waals surface area contributed by atoms with E-state index in [2.05, 4.69) is 10.6 Å². The highest BCUT2D eigenvalue weighted by atomic mass is 32.2. The molecule has 170 valence electrons. The summed E-state index contributed by atoms with van der Waals surface area (Å²) in [7, 11) is -3.65. The maximum absolute atomic E-state index is 13.2. The van der Waals surface area contributed by atoms with Crippen LogP contribution in [0.2, 0.25) is 0 Å². The maximum atomic E-state index is 13.2. The second-order valence-electron chi connectivity index (χ2n) is 8.64. The molecule has 0 saturated carbocycles. The highest BCUT2D eigenvalue weighted by Gasteiger charge is 2.32. The molecule has 0 aromatic heterocycles.